The number of hydrogen-bond acceptors (Lipinski definition) is 18. The molecule has 8 aromatic heterocycles. The molecular formula is C66H122N12O6S. The molecule has 8 rings (SSSR count). The van der Waals surface area contributed by atoms with Gasteiger partial charge >= 0.3 is 0 Å². The molecule has 0 aliphatic heterocycles. The van der Waals surface area contributed by atoms with Crippen LogP contribution in [0.25, 0.3) is 0 Å². The van der Waals surface area contributed by atoms with Crippen molar-refractivity contribution in [3.63, 3.8) is 0 Å². The van der Waals surface area contributed by atoms with Crippen molar-refractivity contribution in [3.05, 3.63) is 124 Å². The molecule has 0 spiro atoms. The van der Waals surface area contributed by atoms with Crippen molar-refractivity contribution < 1.29 is 26.9 Å². The van der Waals surface area contributed by atoms with Crippen molar-refractivity contribution >= 4 is 11.3 Å². The molecule has 18 nitrogen and oxygen atoms in total. The van der Waals surface area contributed by atoms with E-state index >= 15 is 0 Å². The lowest BCUT2D eigenvalue weighted by Crippen LogP contribution is -2.13. The normalized spacial score (nSPS) is 10.9. The molecule has 19 heteroatoms. The molecule has 0 aliphatic carbocycles. The molecule has 0 amide bonds. The Balaban J connectivity index is -0.000000281. The highest BCUT2D eigenvalue weighted by atomic mass is 32.1. The topological polar surface area (TPSA) is 236 Å². The summed E-state index contributed by atoms with van der Waals surface area (Å²) in [4.78, 5) is 23.6. The largest absolute Gasteiger partial charge is 0.448 e. The van der Waals surface area contributed by atoms with Gasteiger partial charge in [-0.2, -0.15) is 9.97 Å². The Labute approximate surface area is 520 Å². The molecule has 0 saturated carbocycles. The van der Waals surface area contributed by atoms with E-state index in [0.29, 0.717) is 29.4 Å². The van der Waals surface area contributed by atoms with E-state index in [1.807, 2.05) is 148 Å². The van der Waals surface area contributed by atoms with Gasteiger partial charge in [0.15, 0.2) is 17.5 Å². The lowest BCUT2D eigenvalue weighted by atomic mass is 9.93. The molecule has 0 fully saturated rings. The maximum atomic E-state index is 5.23. The Kier molecular flexibility index (Phi) is 44.0. The Hall–Kier alpha value is -6.11. The Morgan fingerprint density at radius 3 is 1.15 bits per heavy atom. The van der Waals surface area contributed by atoms with Crippen LogP contribution in [0.2, 0.25) is 0 Å². The van der Waals surface area contributed by atoms with Gasteiger partial charge in [-0.1, -0.05) is 256 Å². The second kappa shape index (κ2) is 42.7. The number of oxazole rings is 1. The predicted molar refractivity (Wildman–Crippen MR) is 354 cm³/mol. The van der Waals surface area contributed by atoms with E-state index < -0.39 is 0 Å². The molecule has 8 aromatic rings. The average molecular weight is 1210 g/mol. The van der Waals surface area contributed by atoms with Crippen molar-refractivity contribution in [1.82, 2.24) is 60.7 Å². The summed E-state index contributed by atoms with van der Waals surface area (Å²) in [5, 5.41) is 25.8. The highest BCUT2D eigenvalue weighted by Crippen LogP contribution is 2.25. The first-order chi connectivity index (χ1) is 39.0. The Morgan fingerprint density at radius 1 is 0.424 bits per heavy atom. The summed E-state index contributed by atoms with van der Waals surface area (Å²) in [6.07, 6.45) is 12.0. The summed E-state index contributed by atoms with van der Waals surface area (Å²) in [5.41, 5.74) is 1.59. The highest BCUT2D eigenvalue weighted by Gasteiger charge is 2.23. The van der Waals surface area contributed by atoms with Crippen LogP contribution in [-0.4, -0.2) is 60.7 Å². The van der Waals surface area contributed by atoms with Crippen LogP contribution in [0.3, 0.4) is 0 Å². The van der Waals surface area contributed by atoms with Crippen molar-refractivity contribution in [2.45, 2.75) is 299 Å². The SMILES string of the molecule is CC.CC.CC.CC.CC.CC(C)(C)c1ccno1.CC(C)(C)c1ccon1.CC(C)(C)c1ncc[nH]1.CC(C)(C)c1ncco1.CC(C)(C)c1nccs1.Cc1nc(C(C)(C)C)no1.Cc1nnc(C(C)(C)C)o1.Cc1noc(C(C)(C)C)n1. The average Bonchev–Trinajstić information content (AvgIpc) is 4.28. The van der Waals surface area contributed by atoms with E-state index in [9.17, 15) is 0 Å². The van der Waals surface area contributed by atoms with Crippen LogP contribution in [0.15, 0.2) is 88.0 Å². The first kappa shape index (κ1) is 87.7. The van der Waals surface area contributed by atoms with E-state index in [1.165, 1.54) is 5.01 Å². The van der Waals surface area contributed by atoms with E-state index in [-0.39, 0.29) is 43.3 Å². The zero-order chi connectivity index (χ0) is 67.9. The molecule has 1 N–H and O–H groups in total. The quantitative estimate of drug-likeness (QED) is 0.148. The number of nitrogens with zero attached hydrogens (tertiary/aromatic N) is 11. The van der Waals surface area contributed by atoms with Crippen molar-refractivity contribution in [3.8, 4) is 0 Å². The van der Waals surface area contributed by atoms with Gasteiger partial charge in [0.2, 0.25) is 23.6 Å². The van der Waals surface area contributed by atoms with Gasteiger partial charge in [-0.15, -0.1) is 21.5 Å². The molecule has 0 aromatic carbocycles. The second-order valence-electron chi connectivity index (χ2n) is 25.8. The van der Waals surface area contributed by atoms with Gasteiger partial charge in [0.1, 0.15) is 24.1 Å². The van der Waals surface area contributed by atoms with Gasteiger partial charge in [-0.25, -0.2) is 15.0 Å². The minimum absolute atomic E-state index is 0.00222. The van der Waals surface area contributed by atoms with E-state index in [1.54, 1.807) is 56.3 Å². The zero-order valence-electron chi connectivity index (χ0n) is 60.6. The number of nitrogens with one attached hydrogen (secondary N) is 1. The number of aromatic amines is 1. The Morgan fingerprint density at radius 2 is 0.965 bits per heavy atom. The van der Waals surface area contributed by atoms with Gasteiger partial charge in [-0.3, -0.25) is 0 Å². The number of rotatable bonds is 0. The minimum Gasteiger partial charge on any atom is -0.448 e. The third kappa shape index (κ3) is 41.6. The lowest BCUT2D eigenvalue weighted by Gasteiger charge is -2.13. The molecule has 0 unspecified atom stereocenters. The fourth-order valence-electron chi connectivity index (χ4n) is 4.87. The van der Waals surface area contributed by atoms with Crippen LogP contribution in [0.1, 0.15) is 299 Å². The maximum absolute atomic E-state index is 5.23. The first-order valence-electron chi connectivity index (χ1n) is 30.1. The number of thiazole rings is 1. The minimum atomic E-state index is -0.0265. The Bertz CT molecular complexity index is 2270. The molecule has 0 bridgehead atoms. The van der Waals surface area contributed by atoms with Crippen LogP contribution < -0.4 is 0 Å². The molecule has 85 heavy (non-hydrogen) atoms. The standard InChI is InChI=1S/3C7H12N2O.C7H12N2.3C7H11NO.C7H11NS.5C2H6/c1-5-8-9-6(10-5)7(2,3)4;1-5-8-6(9-10-5)7(2,3)4;1-5-8-6(10-9-5)7(2,3)4;2*1-7(2,3)6-8-4-5-9-6;1-7(2,3)6-4-5-9-8-6;1-7(2,3)6-4-5-8-9-6;1-7(2,3)6-8-4-5-9-6;5*1-2/h3*1-4H3;4-5H,1-3H3,(H,8,9);4*4-5H,1-3H3;5*1-2H3. The van der Waals surface area contributed by atoms with Crippen LogP contribution >= 0.6 is 11.3 Å². The number of imidazole rings is 1. The van der Waals surface area contributed by atoms with E-state index in [0.717, 1.165) is 29.0 Å². The van der Waals surface area contributed by atoms with Crippen LogP contribution in [0, 0.1) is 20.8 Å². The van der Waals surface area contributed by atoms with Crippen LogP contribution in [0.4, 0.5) is 0 Å². The summed E-state index contributed by atoms with van der Waals surface area (Å²) in [6.45, 7) is 75.5. The van der Waals surface area contributed by atoms with Gasteiger partial charge in [0.25, 0.3) is 0 Å². The second-order valence-corrected chi connectivity index (χ2v) is 26.7. The fraction of sp³-hybridized carbons (Fsp3) is 0.682. The summed E-state index contributed by atoms with van der Waals surface area (Å²) in [6, 6.07) is 3.78. The summed E-state index contributed by atoms with van der Waals surface area (Å²) >= 11 is 1.72. The summed E-state index contributed by atoms with van der Waals surface area (Å²) < 4.78 is 29.7. The third-order valence-electron chi connectivity index (χ3n) is 9.27. The van der Waals surface area contributed by atoms with Crippen molar-refractivity contribution in [1.29, 1.82) is 0 Å². The molecule has 0 radical (unpaired) electrons. The molecular weight excluding hydrogens is 1090 g/mol. The first-order valence-corrected chi connectivity index (χ1v) is 30.9. The monoisotopic (exact) mass is 1210 g/mol. The number of aryl methyl sites for hydroxylation is 3. The van der Waals surface area contributed by atoms with Gasteiger partial charge in [0, 0.05) is 93.3 Å². The smallest absolute Gasteiger partial charge is 0.232 e. The summed E-state index contributed by atoms with van der Waals surface area (Å²) in [5.74, 6) is 6.90. The van der Waals surface area contributed by atoms with Gasteiger partial charge < -0.3 is 31.9 Å². The van der Waals surface area contributed by atoms with Gasteiger partial charge in [0.05, 0.1) is 23.1 Å². The fourth-order valence-corrected chi connectivity index (χ4v) is 5.60. The van der Waals surface area contributed by atoms with Gasteiger partial charge in [-0.05, 0) is 6.92 Å². The van der Waals surface area contributed by atoms with Crippen molar-refractivity contribution in [2.24, 2.45) is 0 Å². The molecule has 0 saturated heterocycles. The van der Waals surface area contributed by atoms with Crippen LogP contribution in [0.5, 0.6) is 0 Å². The molecule has 488 valence electrons. The zero-order valence-corrected chi connectivity index (χ0v) is 61.4. The molecule has 8 heterocycles. The predicted octanol–water partition coefficient (Wildman–Crippen LogP) is 20.2. The summed E-state index contributed by atoms with van der Waals surface area (Å²) in [7, 11) is 0. The number of aromatic nitrogens is 12. The lowest BCUT2D eigenvalue weighted by molar-refractivity contribution is 0.319. The third-order valence-corrected chi connectivity index (χ3v) is 10.5. The van der Waals surface area contributed by atoms with Crippen LogP contribution in [-0.2, 0) is 43.3 Å². The molecule has 0 aliphatic rings. The van der Waals surface area contributed by atoms with E-state index in [2.05, 4.69) is 185 Å². The number of H-pyrrole nitrogens is 1. The number of hydrogen-bond donors (Lipinski definition) is 1. The highest BCUT2D eigenvalue weighted by molar-refractivity contribution is 7.09. The van der Waals surface area contributed by atoms with E-state index in [4.69, 9.17) is 26.9 Å². The maximum Gasteiger partial charge on any atom is 0.232 e. The van der Waals surface area contributed by atoms with Crippen molar-refractivity contribution in [2.75, 3.05) is 0 Å². The molecule has 0 atom stereocenters.